The van der Waals surface area contributed by atoms with E-state index in [9.17, 15) is 14.4 Å². The lowest BCUT2D eigenvalue weighted by Crippen LogP contribution is -2.13. The molecule has 0 saturated carbocycles. The topological polar surface area (TPSA) is 101 Å². The Bertz CT molecular complexity index is 1140. The van der Waals surface area contributed by atoms with Gasteiger partial charge in [-0.3, -0.25) is 14.4 Å². The number of ether oxygens (including phenoxy) is 4. The molecule has 2 aromatic carbocycles. The van der Waals surface area contributed by atoms with E-state index in [2.05, 4.69) is 0 Å². The van der Waals surface area contributed by atoms with Crippen LogP contribution in [0.4, 0.5) is 0 Å². The molecule has 0 spiro atoms. The van der Waals surface area contributed by atoms with Crippen molar-refractivity contribution in [2.75, 3.05) is 14.2 Å². The van der Waals surface area contributed by atoms with Crippen LogP contribution in [0.15, 0.2) is 45.8 Å². The van der Waals surface area contributed by atoms with Gasteiger partial charge < -0.3 is 23.4 Å². The molecule has 150 valence electrons. The van der Waals surface area contributed by atoms with E-state index in [1.807, 2.05) is 0 Å². The van der Waals surface area contributed by atoms with Crippen LogP contribution in [0.25, 0.3) is 22.1 Å². The fourth-order valence-electron chi connectivity index (χ4n) is 2.82. The van der Waals surface area contributed by atoms with E-state index in [0.717, 1.165) is 6.92 Å². The molecule has 3 rings (SSSR count). The van der Waals surface area contributed by atoms with E-state index >= 15 is 0 Å². The molecule has 0 aliphatic heterocycles. The van der Waals surface area contributed by atoms with Gasteiger partial charge in [0.25, 0.3) is 0 Å². The molecule has 1 heterocycles. The first-order valence-electron chi connectivity index (χ1n) is 8.53. The molecule has 0 atom stereocenters. The maximum absolute atomic E-state index is 13.3. The summed E-state index contributed by atoms with van der Waals surface area (Å²) in [5, 5.41) is -0.0504. The molecule has 29 heavy (non-hydrogen) atoms. The van der Waals surface area contributed by atoms with E-state index in [1.54, 1.807) is 24.3 Å². The van der Waals surface area contributed by atoms with Gasteiger partial charge in [-0.15, -0.1) is 0 Å². The normalized spacial score (nSPS) is 10.5. The quantitative estimate of drug-likeness (QED) is 0.476. The largest absolute Gasteiger partial charge is 0.497 e. The molecule has 0 fully saturated rings. The van der Waals surface area contributed by atoms with Gasteiger partial charge in [-0.25, -0.2) is 0 Å². The van der Waals surface area contributed by atoms with Gasteiger partial charge in [-0.1, -0.05) is 12.1 Å². The van der Waals surface area contributed by atoms with Crippen LogP contribution in [-0.4, -0.2) is 26.2 Å². The van der Waals surface area contributed by atoms with Crippen LogP contribution < -0.4 is 24.4 Å². The summed E-state index contributed by atoms with van der Waals surface area (Å²) in [6.07, 6.45) is 1.30. The predicted octanol–water partition coefficient (Wildman–Crippen LogP) is 3.33. The summed E-state index contributed by atoms with van der Waals surface area (Å²) in [6, 6.07) is 8.17. The first-order chi connectivity index (χ1) is 13.8. The number of rotatable bonds is 5. The summed E-state index contributed by atoms with van der Waals surface area (Å²) < 4.78 is 26.4. The van der Waals surface area contributed by atoms with Crippen molar-refractivity contribution in [3.05, 3.63) is 46.8 Å². The van der Waals surface area contributed by atoms with Crippen molar-refractivity contribution < 1.29 is 33.0 Å². The number of fused-ring (bicyclic) bond motifs is 1. The number of benzene rings is 2. The van der Waals surface area contributed by atoms with Crippen molar-refractivity contribution in [3.8, 4) is 34.1 Å². The molecule has 0 unspecified atom stereocenters. The van der Waals surface area contributed by atoms with Crippen molar-refractivity contribution in [2.24, 2.45) is 0 Å². The third-order valence-electron chi connectivity index (χ3n) is 4.05. The molecule has 1 aromatic heterocycles. The van der Waals surface area contributed by atoms with Crippen molar-refractivity contribution in [1.29, 1.82) is 0 Å². The predicted molar refractivity (Wildman–Crippen MR) is 104 cm³/mol. The Labute approximate surface area is 165 Å². The van der Waals surface area contributed by atoms with Crippen LogP contribution in [0.3, 0.4) is 0 Å². The first-order valence-corrected chi connectivity index (χ1v) is 8.53. The van der Waals surface area contributed by atoms with Gasteiger partial charge in [0, 0.05) is 19.9 Å². The SMILES string of the molecule is COc1ccc(-c2coc3cc(OC)c(OC(C)=O)c(OC(C)=O)c3c2=O)cc1. The minimum Gasteiger partial charge on any atom is -0.497 e. The smallest absolute Gasteiger partial charge is 0.308 e. The maximum Gasteiger partial charge on any atom is 0.308 e. The second-order valence-electron chi connectivity index (χ2n) is 6.00. The molecule has 0 aliphatic rings. The zero-order chi connectivity index (χ0) is 21.1. The molecule has 0 amide bonds. The first kappa shape index (κ1) is 19.9. The number of methoxy groups -OCH3 is 2. The van der Waals surface area contributed by atoms with Crippen molar-refractivity contribution in [1.82, 2.24) is 0 Å². The Morgan fingerprint density at radius 2 is 1.52 bits per heavy atom. The van der Waals surface area contributed by atoms with E-state index < -0.39 is 17.4 Å². The number of carbonyl (C=O) groups is 2. The monoisotopic (exact) mass is 398 g/mol. The van der Waals surface area contributed by atoms with Crippen molar-refractivity contribution in [3.63, 3.8) is 0 Å². The third-order valence-corrected chi connectivity index (χ3v) is 4.05. The molecule has 0 saturated heterocycles. The second kappa shape index (κ2) is 8.05. The molecule has 8 nitrogen and oxygen atoms in total. The van der Waals surface area contributed by atoms with Crippen molar-refractivity contribution in [2.45, 2.75) is 13.8 Å². The van der Waals surface area contributed by atoms with Crippen LogP contribution in [0.1, 0.15) is 13.8 Å². The zero-order valence-corrected chi connectivity index (χ0v) is 16.2. The number of esters is 2. The zero-order valence-electron chi connectivity index (χ0n) is 16.2. The van der Waals surface area contributed by atoms with Crippen LogP contribution in [0, 0.1) is 0 Å². The average Bonchev–Trinajstić information content (AvgIpc) is 2.69. The minimum absolute atomic E-state index is 0.0504. The standard InChI is InChI=1S/C21H18O8/c1-11(22)28-20-17(26-4)9-16-18(21(20)29-12(2)23)19(24)15(10-27-16)13-5-7-14(25-3)8-6-13/h5-10H,1-4H3. The van der Waals surface area contributed by atoms with Gasteiger partial charge in [-0.2, -0.15) is 0 Å². The highest BCUT2D eigenvalue weighted by Gasteiger charge is 2.25. The van der Waals surface area contributed by atoms with Crippen LogP contribution in [-0.2, 0) is 9.59 Å². The van der Waals surface area contributed by atoms with E-state index in [4.69, 9.17) is 23.4 Å². The average molecular weight is 398 g/mol. The van der Waals surface area contributed by atoms with E-state index in [-0.39, 0.29) is 33.8 Å². The summed E-state index contributed by atoms with van der Waals surface area (Å²) in [5.74, 6) is -1.10. The second-order valence-corrected chi connectivity index (χ2v) is 6.00. The Morgan fingerprint density at radius 1 is 0.897 bits per heavy atom. The Kier molecular flexibility index (Phi) is 5.54. The van der Waals surface area contributed by atoms with Gasteiger partial charge in [0.2, 0.25) is 11.2 Å². The Morgan fingerprint density at radius 3 is 2.07 bits per heavy atom. The lowest BCUT2D eigenvalue weighted by molar-refractivity contribution is -0.134. The van der Waals surface area contributed by atoms with Gasteiger partial charge in [0.1, 0.15) is 23.0 Å². The fraction of sp³-hybridized carbons (Fsp3) is 0.190. The van der Waals surface area contributed by atoms with Gasteiger partial charge in [0.05, 0.1) is 19.8 Å². The molecule has 8 heteroatoms. The van der Waals surface area contributed by atoms with Crippen LogP contribution >= 0.6 is 0 Å². The highest BCUT2D eigenvalue weighted by atomic mass is 16.6. The molecular weight excluding hydrogens is 380 g/mol. The fourth-order valence-corrected chi connectivity index (χ4v) is 2.82. The Balaban J connectivity index is 2.34. The Hall–Kier alpha value is -3.81. The van der Waals surface area contributed by atoms with E-state index in [1.165, 1.54) is 33.5 Å². The minimum atomic E-state index is -0.706. The molecule has 3 aromatic rings. The molecule has 0 bridgehead atoms. The van der Waals surface area contributed by atoms with Gasteiger partial charge >= 0.3 is 11.9 Å². The van der Waals surface area contributed by atoms with Gasteiger partial charge in [0.15, 0.2) is 11.5 Å². The summed E-state index contributed by atoms with van der Waals surface area (Å²) in [7, 11) is 2.88. The van der Waals surface area contributed by atoms with Gasteiger partial charge in [-0.05, 0) is 17.7 Å². The summed E-state index contributed by atoms with van der Waals surface area (Å²) in [6.45, 7) is 2.34. The number of carbonyl (C=O) groups excluding carboxylic acids is 2. The highest BCUT2D eigenvalue weighted by molar-refractivity contribution is 5.94. The molecule has 0 radical (unpaired) electrons. The summed E-state index contributed by atoms with van der Waals surface area (Å²) in [4.78, 5) is 36.5. The lowest BCUT2D eigenvalue weighted by Gasteiger charge is -2.15. The number of hydrogen-bond acceptors (Lipinski definition) is 8. The van der Waals surface area contributed by atoms with Crippen LogP contribution in [0.5, 0.6) is 23.0 Å². The molecular formula is C21H18O8. The van der Waals surface area contributed by atoms with E-state index in [0.29, 0.717) is 11.3 Å². The highest BCUT2D eigenvalue weighted by Crippen LogP contribution is 2.43. The summed E-state index contributed by atoms with van der Waals surface area (Å²) >= 11 is 0. The lowest BCUT2D eigenvalue weighted by atomic mass is 10.0. The number of hydrogen-bond donors (Lipinski definition) is 0. The molecule has 0 aliphatic carbocycles. The van der Waals surface area contributed by atoms with Crippen molar-refractivity contribution >= 4 is 22.9 Å². The third kappa shape index (κ3) is 3.91. The maximum atomic E-state index is 13.3. The van der Waals surface area contributed by atoms with Crippen LogP contribution in [0.2, 0.25) is 0 Å². The summed E-state index contributed by atoms with van der Waals surface area (Å²) in [5.41, 5.74) is 0.438. The molecule has 0 N–H and O–H groups in total.